The second-order valence-corrected chi connectivity index (χ2v) is 8.65. The van der Waals surface area contributed by atoms with Crippen molar-refractivity contribution >= 4 is 12.1 Å². The number of quaternary nitrogens is 1. The Labute approximate surface area is 161 Å². The minimum absolute atomic E-state index is 0.0765. The van der Waals surface area contributed by atoms with Crippen LogP contribution in [-0.4, -0.2) is 51.7 Å². The van der Waals surface area contributed by atoms with Gasteiger partial charge in [-0.2, -0.15) is 4.79 Å². The Balaban J connectivity index is 2.46. The molecule has 0 spiro atoms. The Bertz CT molecular complexity index is 756. The van der Waals surface area contributed by atoms with Crippen LogP contribution in [0.15, 0.2) is 24.3 Å². The summed E-state index contributed by atoms with van der Waals surface area (Å²) in [4.78, 5) is 24.2. The summed E-state index contributed by atoms with van der Waals surface area (Å²) in [6, 6.07) is 5.17. The molecule has 9 heteroatoms. The molecule has 1 saturated heterocycles. The van der Waals surface area contributed by atoms with Crippen LogP contribution in [0.2, 0.25) is 0 Å². The van der Waals surface area contributed by atoms with E-state index in [2.05, 4.69) is 4.74 Å². The van der Waals surface area contributed by atoms with Crippen LogP contribution in [0.1, 0.15) is 45.6 Å². The summed E-state index contributed by atoms with van der Waals surface area (Å²) in [6.45, 7) is 6.81. The van der Waals surface area contributed by atoms with Gasteiger partial charge < -0.3 is 14.9 Å². The molecule has 3 atom stereocenters. The van der Waals surface area contributed by atoms with Crippen LogP contribution in [0.25, 0.3) is 0 Å². The van der Waals surface area contributed by atoms with E-state index in [0.29, 0.717) is 5.56 Å². The number of piperidine rings is 1. The first-order valence-electron chi connectivity index (χ1n) is 8.79. The van der Waals surface area contributed by atoms with Gasteiger partial charge in [0.2, 0.25) is 0 Å². The quantitative estimate of drug-likeness (QED) is 0.727. The third-order valence-corrected chi connectivity index (χ3v) is 5.60. The van der Waals surface area contributed by atoms with Gasteiger partial charge in [-0.3, -0.25) is 4.79 Å². The Morgan fingerprint density at radius 3 is 2.07 bits per heavy atom. The number of carboxylic acid groups (broad SMARTS) is 2. The largest absolute Gasteiger partial charge is 0.573 e. The zero-order valence-corrected chi connectivity index (χ0v) is 16.2. The molecule has 0 aromatic heterocycles. The topological polar surface area (TPSA) is 83.8 Å². The number of benzene rings is 1. The number of halogens is 3. The molecule has 1 aromatic carbocycles. The molecule has 1 aliphatic rings. The fourth-order valence-electron chi connectivity index (χ4n) is 3.97. The normalized spacial score (nSPS) is 28.6. The van der Waals surface area contributed by atoms with Crippen LogP contribution >= 0.6 is 0 Å². The molecule has 0 aliphatic carbocycles. The molecule has 1 heterocycles. The lowest BCUT2D eigenvalue weighted by Crippen LogP contribution is -2.70. The fourth-order valence-corrected chi connectivity index (χ4v) is 3.97. The number of hydrogen-bond donors (Lipinski definition) is 2. The molecule has 3 unspecified atom stereocenters. The van der Waals surface area contributed by atoms with Crippen molar-refractivity contribution in [2.24, 2.45) is 5.41 Å². The maximum Gasteiger partial charge on any atom is 0.573 e. The van der Waals surface area contributed by atoms with Crippen molar-refractivity contribution in [2.75, 3.05) is 13.1 Å². The number of nitrogens with zero attached hydrogens (tertiary/aromatic N) is 1. The molecule has 1 fully saturated rings. The third-order valence-electron chi connectivity index (χ3n) is 5.60. The van der Waals surface area contributed by atoms with E-state index in [1.165, 1.54) is 19.1 Å². The van der Waals surface area contributed by atoms with Crippen LogP contribution in [0.5, 0.6) is 5.75 Å². The third kappa shape index (κ3) is 4.24. The van der Waals surface area contributed by atoms with Crippen molar-refractivity contribution in [3.63, 3.8) is 0 Å². The van der Waals surface area contributed by atoms with Crippen molar-refractivity contribution in [3.05, 3.63) is 29.8 Å². The van der Waals surface area contributed by atoms with E-state index in [0.717, 1.165) is 12.1 Å². The highest BCUT2D eigenvalue weighted by molar-refractivity contribution is 5.75. The molecule has 0 bridgehead atoms. The highest BCUT2D eigenvalue weighted by Gasteiger charge is 2.59. The molecule has 156 valence electrons. The SMILES string of the molecule is CC1(C(=O)O)CC(c2ccc(OC(F)(F)F)cc2)C[N+](C(=O)O)(C(C)(C)C)C1. The summed E-state index contributed by atoms with van der Waals surface area (Å²) in [5.74, 6) is -1.93. The Hall–Kier alpha value is -2.29. The van der Waals surface area contributed by atoms with E-state index in [-0.39, 0.29) is 25.3 Å². The van der Waals surface area contributed by atoms with E-state index in [4.69, 9.17) is 0 Å². The van der Waals surface area contributed by atoms with Crippen molar-refractivity contribution in [1.29, 1.82) is 0 Å². The van der Waals surface area contributed by atoms with Gasteiger partial charge in [0.1, 0.15) is 23.2 Å². The van der Waals surface area contributed by atoms with E-state index in [9.17, 15) is 33.0 Å². The number of amides is 1. The van der Waals surface area contributed by atoms with Crippen molar-refractivity contribution in [2.45, 2.75) is 51.9 Å². The second-order valence-electron chi connectivity index (χ2n) is 8.65. The van der Waals surface area contributed by atoms with Gasteiger partial charge in [0.15, 0.2) is 0 Å². The van der Waals surface area contributed by atoms with Gasteiger partial charge in [-0.05, 0) is 51.8 Å². The Morgan fingerprint density at radius 1 is 1.14 bits per heavy atom. The average molecular weight is 404 g/mol. The number of aliphatic carboxylic acids is 1. The molecular weight excluding hydrogens is 379 g/mol. The summed E-state index contributed by atoms with van der Waals surface area (Å²) in [5, 5.41) is 19.8. The lowest BCUT2D eigenvalue weighted by molar-refractivity contribution is -0.914. The predicted octanol–water partition coefficient (Wildman–Crippen LogP) is 4.46. The first kappa shape index (κ1) is 22.0. The summed E-state index contributed by atoms with van der Waals surface area (Å²) < 4.78 is 40.5. The lowest BCUT2D eigenvalue weighted by Gasteiger charge is -2.52. The first-order chi connectivity index (χ1) is 12.6. The molecular formula is C19H25F3NO5+. The fraction of sp³-hybridized carbons (Fsp3) is 0.579. The molecule has 0 saturated carbocycles. The number of hydrogen-bond acceptors (Lipinski definition) is 3. The number of ether oxygens (including phenoxy) is 1. The van der Waals surface area contributed by atoms with Crippen molar-refractivity contribution in [1.82, 2.24) is 0 Å². The zero-order chi connectivity index (χ0) is 21.5. The van der Waals surface area contributed by atoms with Crippen LogP contribution < -0.4 is 4.74 Å². The predicted molar refractivity (Wildman–Crippen MR) is 94.0 cm³/mol. The molecule has 2 N–H and O–H groups in total. The van der Waals surface area contributed by atoms with E-state index in [1.807, 2.05) is 0 Å². The first-order valence-corrected chi connectivity index (χ1v) is 8.79. The number of likely N-dealkylation sites (tertiary alicyclic amines) is 1. The van der Waals surface area contributed by atoms with Crippen molar-refractivity contribution in [3.8, 4) is 5.75 Å². The minimum atomic E-state index is -4.81. The lowest BCUT2D eigenvalue weighted by atomic mass is 9.72. The molecule has 6 nitrogen and oxygen atoms in total. The minimum Gasteiger partial charge on any atom is -0.481 e. The van der Waals surface area contributed by atoms with Crippen LogP contribution in [0.4, 0.5) is 18.0 Å². The second kappa shape index (κ2) is 6.95. The monoisotopic (exact) mass is 404 g/mol. The number of carbonyl (C=O) groups is 2. The highest BCUT2D eigenvalue weighted by Crippen LogP contribution is 2.45. The molecule has 28 heavy (non-hydrogen) atoms. The van der Waals surface area contributed by atoms with Gasteiger partial charge in [0, 0.05) is 5.92 Å². The van der Waals surface area contributed by atoms with Gasteiger partial charge in [-0.15, -0.1) is 13.2 Å². The number of rotatable bonds is 3. The Morgan fingerprint density at radius 2 is 1.68 bits per heavy atom. The molecule has 1 amide bonds. The number of carboxylic acids is 1. The summed E-state index contributed by atoms with van der Waals surface area (Å²) in [7, 11) is 0. The maximum atomic E-state index is 12.4. The summed E-state index contributed by atoms with van der Waals surface area (Å²) in [6.07, 6.45) is -5.75. The maximum absolute atomic E-state index is 12.4. The number of alkyl halides is 3. The summed E-state index contributed by atoms with van der Waals surface area (Å²) in [5.41, 5.74) is -1.49. The molecule has 0 radical (unpaired) electrons. The van der Waals surface area contributed by atoms with Crippen LogP contribution in [-0.2, 0) is 4.79 Å². The van der Waals surface area contributed by atoms with Crippen molar-refractivity contribution < 1.29 is 42.2 Å². The van der Waals surface area contributed by atoms with Gasteiger partial charge in [-0.25, -0.2) is 4.48 Å². The van der Waals surface area contributed by atoms with Gasteiger partial charge in [-0.1, -0.05) is 12.1 Å². The van der Waals surface area contributed by atoms with Gasteiger partial charge >= 0.3 is 18.4 Å². The highest BCUT2D eigenvalue weighted by atomic mass is 19.4. The molecule has 1 aromatic rings. The van der Waals surface area contributed by atoms with E-state index in [1.54, 1.807) is 20.8 Å². The van der Waals surface area contributed by atoms with Crippen LogP contribution in [0, 0.1) is 5.41 Å². The van der Waals surface area contributed by atoms with Crippen LogP contribution in [0.3, 0.4) is 0 Å². The smallest absolute Gasteiger partial charge is 0.481 e. The zero-order valence-electron chi connectivity index (χ0n) is 16.2. The summed E-state index contributed by atoms with van der Waals surface area (Å²) >= 11 is 0. The van der Waals surface area contributed by atoms with E-state index >= 15 is 0 Å². The van der Waals surface area contributed by atoms with Gasteiger partial charge in [0.05, 0.1) is 6.54 Å². The molecule has 2 rings (SSSR count). The Kier molecular flexibility index (Phi) is 5.46. The standard InChI is InChI=1S/C19H24F3NO5/c1-17(2,3)23(16(26)27)10-13(9-18(4,11-23)15(24)25)12-5-7-14(8-6-12)28-19(20,21)22/h5-8,13H,9-11H2,1-4H3,(H-,24,25,26,27)/p+1. The average Bonchev–Trinajstić information content (AvgIpc) is 2.52. The van der Waals surface area contributed by atoms with Gasteiger partial charge in [0.25, 0.3) is 0 Å². The van der Waals surface area contributed by atoms with E-state index < -0.39 is 39.8 Å². The molecule has 1 aliphatic heterocycles.